The zero-order valence-electron chi connectivity index (χ0n) is 8.61. The van der Waals surface area contributed by atoms with Crippen LogP contribution in [0.4, 0.5) is 17.5 Å². The molecule has 0 radical (unpaired) electrons. The zero-order valence-corrected chi connectivity index (χ0v) is 11.8. The number of nitrogens with one attached hydrogen (secondary N) is 2. The molecule has 5 nitrogen and oxygen atoms in total. The number of rotatable bonds is 3. The van der Waals surface area contributed by atoms with Gasteiger partial charge in [0.2, 0.25) is 5.95 Å². The molecular formula is C10H9Br2N5. The van der Waals surface area contributed by atoms with Gasteiger partial charge in [-0.05, 0) is 40.2 Å². The summed E-state index contributed by atoms with van der Waals surface area (Å²) in [5, 5.41) is 3.16. The summed E-state index contributed by atoms with van der Waals surface area (Å²) < 4.78 is 1.79. The van der Waals surface area contributed by atoms with Crippen LogP contribution >= 0.6 is 31.9 Å². The van der Waals surface area contributed by atoms with Crippen molar-refractivity contribution < 1.29 is 0 Å². The molecule has 0 saturated carbocycles. The summed E-state index contributed by atoms with van der Waals surface area (Å²) >= 11 is 6.75. The lowest BCUT2D eigenvalue weighted by Gasteiger charge is -2.08. The summed E-state index contributed by atoms with van der Waals surface area (Å²) in [6.45, 7) is 0. The molecule has 0 bridgehead atoms. The van der Waals surface area contributed by atoms with E-state index >= 15 is 0 Å². The number of hydrogen-bond acceptors (Lipinski definition) is 5. The first-order valence-electron chi connectivity index (χ1n) is 4.71. The highest BCUT2D eigenvalue weighted by molar-refractivity contribution is 9.10. The quantitative estimate of drug-likeness (QED) is 0.580. The van der Waals surface area contributed by atoms with Crippen LogP contribution in [0, 0.1) is 0 Å². The molecule has 2 aromatic rings. The number of halogens is 2. The van der Waals surface area contributed by atoms with Gasteiger partial charge in [-0.2, -0.15) is 4.98 Å². The fraction of sp³-hybridized carbons (Fsp3) is 0. The van der Waals surface area contributed by atoms with E-state index in [4.69, 9.17) is 5.84 Å². The molecule has 0 amide bonds. The van der Waals surface area contributed by atoms with Crippen LogP contribution in [-0.4, -0.2) is 9.97 Å². The highest BCUT2D eigenvalue weighted by atomic mass is 79.9. The zero-order chi connectivity index (χ0) is 12.3. The van der Waals surface area contributed by atoms with Gasteiger partial charge in [-0.1, -0.05) is 15.9 Å². The third-order valence-corrected chi connectivity index (χ3v) is 3.09. The molecular weight excluding hydrogens is 350 g/mol. The number of anilines is 3. The van der Waals surface area contributed by atoms with Gasteiger partial charge in [0.05, 0.1) is 4.47 Å². The second kappa shape index (κ2) is 5.44. The van der Waals surface area contributed by atoms with E-state index in [2.05, 4.69) is 52.6 Å². The minimum atomic E-state index is 0.354. The Morgan fingerprint density at radius 3 is 2.47 bits per heavy atom. The first kappa shape index (κ1) is 12.3. The summed E-state index contributed by atoms with van der Waals surface area (Å²) in [5.74, 6) is 6.26. The molecule has 0 unspecified atom stereocenters. The summed E-state index contributed by atoms with van der Waals surface area (Å²) in [5.41, 5.74) is 3.33. The van der Waals surface area contributed by atoms with Crippen LogP contribution in [0.25, 0.3) is 0 Å². The number of hydrazine groups is 1. The number of nitrogen functional groups attached to an aromatic ring is 1. The van der Waals surface area contributed by atoms with Gasteiger partial charge in [0, 0.05) is 16.4 Å². The van der Waals surface area contributed by atoms with E-state index in [1.807, 2.05) is 24.3 Å². The van der Waals surface area contributed by atoms with E-state index in [0.29, 0.717) is 11.8 Å². The van der Waals surface area contributed by atoms with Crippen LogP contribution in [0.3, 0.4) is 0 Å². The Balaban J connectivity index is 2.25. The van der Waals surface area contributed by atoms with Gasteiger partial charge in [0.25, 0.3) is 0 Å². The Bertz CT molecular complexity index is 515. The Morgan fingerprint density at radius 2 is 1.82 bits per heavy atom. The first-order chi connectivity index (χ1) is 8.19. The molecule has 0 atom stereocenters. The molecule has 88 valence electrons. The summed E-state index contributed by atoms with van der Waals surface area (Å²) in [4.78, 5) is 8.16. The van der Waals surface area contributed by atoms with E-state index in [1.54, 1.807) is 6.20 Å². The van der Waals surface area contributed by atoms with E-state index in [9.17, 15) is 0 Å². The van der Waals surface area contributed by atoms with Crippen LogP contribution in [0.15, 0.2) is 39.4 Å². The third-order valence-electron chi connectivity index (χ3n) is 1.98. The van der Waals surface area contributed by atoms with Crippen molar-refractivity contribution in [1.82, 2.24) is 9.97 Å². The van der Waals surface area contributed by atoms with Crippen LogP contribution < -0.4 is 16.6 Å². The van der Waals surface area contributed by atoms with E-state index in [0.717, 1.165) is 14.6 Å². The van der Waals surface area contributed by atoms with E-state index in [1.165, 1.54) is 0 Å². The van der Waals surface area contributed by atoms with Crippen molar-refractivity contribution in [3.63, 3.8) is 0 Å². The average Bonchev–Trinajstić information content (AvgIpc) is 2.35. The molecule has 0 fully saturated rings. The third kappa shape index (κ3) is 3.15. The highest BCUT2D eigenvalue weighted by Crippen LogP contribution is 2.24. The van der Waals surface area contributed by atoms with Gasteiger partial charge in [-0.25, -0.2) is 10.8 Å². The molecule has 1 aromatic heterocycles. The molecule has 1 aromatic carbocycles. The summed E-state index contributed by atoms with van der Waals surface area (Å²) in [6.07, 6.45) is 1.63. The lowest BCUT2D eigenvalue weighted by molar-refractivity contribution is 1.11. The largest absolute Gasteiger partial charge is 0.339 e. The molecule has 0 aliphatic heterocycles. The maximum Gasteiger partial charge on any atom is 0.239 e. The fourth-order valence-electron chi connectivity index (χ4n) is 1.19. The van der Waals surface area contributed by atoms with Crippen LogP contribution in [0.2, 0.25) is 0 Å². The van der Waals surface area contributed by atoms with E-state index < -0.39 is 0 Å². The molecule has 4 N–H and O–H groups in total. The average molecular weight is 359 g/mol. The maximum absolute atomic E-state index is 5.26. The van der Waals surface area contributed by atoms with Crippen molar-refractivity contribution in [2.24, 2.45) is 5.84 Å². The second-order valence-electron chi connectivity index (χ2n) is 3.17. The highest BCUT2D eigenvalue weighted by Gasteiger charge is 2.04. The Hall–Kier alpha value is -1.18. The standard InChI is InChI=1S/C10H9Br2N5/c11-6-1-3-7(4-2-6)15-9-8(12)5-14-10(16-9)17-13/h1-5H,13H2,(H2,14,15,16,17). The molecule has 17 heavy (non-hydrogen) atoms. The van der Waals surface area contributed by atoms with Gasteiger partial charge in [-0.3, -0.25) is 5.43 Å². The Labute approximate surface area is 115 Å². The SMILES string of the molecule is NNc1ncc(Br)c(Nc2ccc(Br)cc2)n1. The lowest BCUT2D eigenvalue weighted by Crippen LogP contribution is -2.11. The number of aromatic nitrogens is 2. The Kier molecular flexibility index (Phi) is 3.93. The fourth-order valence-corrected chi connectivity index (χ4v) is 1.75. The summed E-state index contributed by atoms with van der Waals surface area (Å²) in [7, 11) is 0. The predicted octanol–water partition coefficient (Wildman–Crippen LogP) is 3.03. The monoisotopic (exact) mass is 357 g/mol. The maximum atomic E-state index is 5.26. The number of hydrogen-bond donors (Lipinski definition) is 3. The van der Waals surface area contributed by atoms with Gasteiger partial charge in [-0.15, -0.1) is 0 Å². The molecule has 0 aliphatic carbocycles. The number of nitrogens with zero attached hydrogens (tertiary/aromatic N) is 2. The molecule has 2 rings (SSSR count). The molecule has 0 saturated heterocycles. The van der Waals surface area contributed by atoms with Crippen LogP contribution in [0.1, 0.15) is 0 Å². The first-order valence-corrected chi connectivity index (χ1v) is 6.29. The van der Waals surface area contributed by atoms with Crippen molar-refractivity contribution in [2.45, 2.75) is 0 Å². The van der Waals surface area contributed by atoms with Crippen LogP contribution in [0.5, 0.6) is 0 Å². The molecule has 0 aliphatic rings. The molecule has 0 spiro atoms. The summed E-state index contributed by atoms with van der Waals surface area (Å²) in [6, 6.07) is 7.77. The van der Waals surface area contributed by atoms with Crippen molar-refractivity contribution in [3.8, 4) is 0 Å². The predicted molar refractivity (Wildman–Crippen MR) is 75.0 cm³/mol. The minimum Gasteiger partial charge on any atom is -0.339 e. The van der Waals surface area contributed by atoms with Gasteiger partial charge < -0.3 is 5.32 Å². The lowest BCUT2D eigenvalue weighted by atomic mass is 10.3. The van der Waals surface area contributed by atoms with Gasteiger partial charge in [0.15, 0.2) is 0 Å². The molecule has 1 heterocycles. The van der Waals surface area contributed by atoms with Crippen LogP contribution in [-0.2, 0) is 0 Å². The number of benzene rings is 1. The Morgan fingerprint density at radius 1 is 1.12 bits per heavy atom. The minimum absolute atomic E-state index is 0.354. The topological polar surface area (TPSA) is 75.9 Å². The van der Waals surface area contributed by atoms with E-state index in [-0.39, 0.29) is 0 Å². The van der Waals surface area contributed by atoms with Gasteiger partial charge in [0.1, 0.15) is 5.82 Å². The normalized spacial score (nSPS) is 10.1. The van der Waals surface area contributed by atoms with Crippen molar-refractivity contribution in [2.75, 3.05) is 10.7 Å². The molecule has 7 heteroatoms. The smallest absolute Gasteiger partial charge is 0.239 e. The van der Waals surface area contributed by atoms with Crippen molar-refractivity contribution in [1.29, 1.82) is 0 Å². The number of nitrogens with two attached hydrogens (primary N) is 1. The van der Waals surface area contributed by atoms with Gasteiger partial charge >= 0.3 is 0 Å². The van der Waals surface area contributed by atoms with Crippen molar-refractivity contribution >= 4 is 49.3 Å². The second-order valence-corrected chi connectivity index (χ2v) is 4.94. The van der Waals surface area contributed by atoms with Crippen molar-refractivity contribution in [3.05, 3.63) is 39.4 Å².